The van der Waals surface area contributed by atoms with Crippen LogP contribution in [0, 0.1) is 5.82 Å². The minimum atomic E-state index is -4.95. The molecule has 6 nitrogen and oxygen atoms in total. The summed E-state index contributed by atoms with van der Waals surface area (Å²) < 4.78 is 61.4. The Morgan fingerprint density at radius 2 is 1.82 bits per heavy atom. The van der Waals surface area contributed by atoms with E-state index >= 15 is 0 Å². The van der Waals surface area contributed by atoms with Gasteiger partial charge in [-0.1, -0.05) is 47.1 Å². The summed E-state index contributed by atoms with van der Waals surface area (Å²) in [5, 5.41) is 4.23. The molecule has 4 rings (SSSR count). The number of nitrogens with two attached hydrogens (primary N) is 1. The molecular formula is C23H15ClF4N2O4. The Labute approximate surface area is 194 Å². The second-order valence-corrected chi connectivity index (χ2v) is 7.97. The fourth-order valence-electron chi connectivity index (χ4n) is 3.78. The van der Waals surface area contributed by atoms with E-state index in [1.165, 1.54) is 12.1 Å². The number of nitrogens with zero attached hydrogens (tertiary/aromatic N) is 1. The summed E-state index contributed by atoms with van der Waals surface area (Å²) in [5.41, 5.74) is 1.81. The van der Waals surface area contributed by atoms with Crippen LogP contribution in [0.2, 0.25) is 5.02 Å². The first kappa shape index (κ1) is 23.5. The van der Waals surface area contributed by atoms with Crippen LogP contribution in [0.3, 0.4) is 0 Å². The number of oxime groups is 1. The van der Waals surface area contributed by atoms with Gasteiger partial charge in [-0.2, -0.15) is 13.2 Å². The van der Waals surface area contributed by atoms with Crippen molar-refractivity contribution in [3.05, 3.63) is 82.1 Å². The van der Waals surface area contributed by atoms with E-state index in [2.05, 4.69) is 5.16 Å². The van der Waals surface area contributed by atoms with E-state index in [9.17, 15) is 27.2 Å². The van der Waals surface area contributed by atoms with Gasteiger partial charge < -0.3 is 15.3 Å². The van der Waals surface area contributed by atoms with Crippen molar-refractivity contribution < 1.29 is 36.7 Å². The lowest BCUT2D eigenvalue weighted by Gasteiger charge is -2.29. The third-order valence-electron chi connectivity index (χ3n) is 5.32. The molecule has 1 atom stereocenters. The van der Waals surface area contributed by atoms with Gasteiger partial charge in [0.25, 0.3) is 11.5 Å². The number of ether oxygens (including phenoxy) is 1. The van der Waals surface area contributed by atoms with Crippen molar-refractivity contribution in [1.82, 2.24) is 0 Å². The molecule has 3 aromatic carbocycles. The maximum absolute atomic E-state index is 14.2. The first-order valence-electron chi connectivity index (χ1n) is 9.78. The number of fused-ring (bicyclic) bond motifs is 1. The molecule has 1 amide bonds. The van der Waals surface area contributed by atoms with Crippen LogP contribution in [0.15, 0.2) is 59.8 Å². The molecular weight excluding hydrogens is 480 g/mol. The Bertz CT molecular complexity index is 1320. The number of hydrogen-bond donors (Lipinski definition) is 1. The minimum Gasteiger partial charge on any atom is -0.452 e. The highest BCUT2D eigenvalue weighted by atomic mass is 35.5. The third-order valence-corrected chi connectivity index (χ3v) is 5.53. The van der Waals surface area contributed by atoms with Gasteiger partial charge in [-0.05, 0) is 35.0 Å². The van der Waals surface area contributed by atoms with Gasteiger partial charge in [0.1, 0.15) is 5.82 Å². The largest absolute Gasteiger partial charge is 0.452 e. The Kier molecular flexibility index (Phi) is 5.94. The minimum absolute atomic E-state index is 0.0639. The van der Waals surface area contributed by atoms with Crippen LogP contribution in [0.1, 0.15) is 27.9 Å². The van der Waals surface area contributed by atoms with Gasteiger partial charge in [-0.3, -0.25) is 4.79 Å². The van der Waals surface area contributed by atoms with Crippen molar-refractivity contribution >= 4 is 40.0 Å². The quantitative estimate of drug-likeness (QED) is 0.405. The van der Waals surface area contributed by atoms with Crippen molar-refractivity contribution in [1.29, 1.82) is 0 Å². The summed E-state index contributed by atoms with van der Waals surface area (Å²) in [6.45, 7) is -0.625. The normalized spacial score (nSPS) is 17.9. The molecule has 2 N–H and O–H groups in total. The van der Waals surface area contributed by atoms with Crippen LogP contribution in [-0.2, 0) is 20.0 Å². The van der Waals surface area contributed by atoms with Crippen LogP contribution in [0.25, 0.3) is 10.8 Å². The molecule has 0 aromatic heterocycles. The highest BCUT2D eigenvalue weighted by Gasteiger charge is 2.62. The van der Waals surface area contributed by atoms with E-state index in [1.807, 2.05) is 0 Å². The molecule has 0 saturated heterocycles. The summed E-state index contributed by atoms with van der Waals surface area (Å²) in [4.78, 5) is 28.3. The van der Waals surface area contributed by atoms with E-state index in [0.29, 0.717) is 16.8 Å². The number of benzene rings is 3. The zero-order chi connectivity index (χ0) is 24.7. The second-order valence-electron chi connectivity index (χ2n) is 7.54. The average Bonchev–Trinajstić information content (AvgIpc) is 3.23. The number of amides is 1. The van der Waals surface area contributed by atoms with Crippen LogP contribution in [0.4, 0.5) is 17.6 Å². The first-order chi connectivity index (χ1) is 16.0. The topological polar surface area (TPSA) is 91.0 Å². The average molecular weight is 495 g/mol. The lowest BCUT2D eigenvalue weighted by atomic mass is 9.85. The number of rotatable bonds is 5. The van der Waals surface area contributed by atoms with Gasteiger partial charge in [0, 0.05) is 22.6 Å². The fraction of sp³-hybridized carbons (Fsp3) is 0.174. The van der Waals surface area contributed by atoms with E-state index in [4.69, 9.17) is 26.9 Å². The van der Waals surface area contributed by atoms with Gasteiger partial charge >= 0.3 is 12.1 Å². The molecule has 1 aliphatic rings. The Morgan fingerprint density at radius 1 is 1.12 bits per heavy atom. The zero-order valence-electron chi connectivity index (χ0n) is 17.2. The Hall–Kier alpha value is -3.66. The highest BCUT2D eigenvalue weighted by Crippen LogP contribution is 2.49. The van der Waals surface area contributed by atoms with Crippen LogP contribution >= 0.6 is 11.6 Å². The van der Waals surface area contributed by atoms with Gasteiger partial charge in [0.15, 0.2) is 6.61 Å². The molecule has 0 bridgehead atoms. The number of hydrogen-bond acceptors (Lipinski definition) is 5. The van der Waals surface area contributed by atoms with Gasteiger partial charge in [0.2, 0.25) is 0 Å². The van der Waals surface area contributed by atoms with Crippen molar-refractivity contribution in [2.24, 2.45) is 10.9 Å². The predicted molar refractivity (Wildman–Crippen MR) is 115 cm³/mol. The molecule has 0 radical (unpaired) electrons. The number of halogens is 5. The van der Waals surface area contributed by atoms with Crippen LogP contribution in [-0.4, -0.2) is 30.4 Å². The fourth-order valence-corrected chi connectivity index (χ4v) is 4.00. The van der Waals surface area contributed by atoms with Crippen molar-refractivity contribution in [3.8, 4) is 0 Å². The number of carbonyl (C=O) groups excluding carboxylic acids is 2. The maximum Gasteiger partial charge on any atom is 0.435 e. The molecule has 0 spiro atoms. The number of alkyl halides is 3. The predicted octanol–water partition coefficient (Wildman–Crippen LogP) is 4.86. The second kappa shape index (κ2) is 8.60. The monoisotopic (exact) mass is 494 g/mol. The van der Waals surface area contributed by atoms with Gasteiger partial charge in [0.05, 0.1) is 11.3 Å². The summed E-state index contributed by atoms with van der Waals surface area (Å²) >= 11 is 5.79. The lowest BCUT2D eigenvalue weighted by molar-refractivity contribution is -0.275. The summed E-state index contributed by atoms with van der Waals surface area (Å²) in [7, 11) is 0. The number of esters is 1. The van der Waals surface area contributed by atoms with Crippen molar-refractivity contribution in [2.75, 3.05) is 6.61 Å². The number of primary amides is 1. The number of carbonyl (C=O) groups is 2. The highest BCUT2D eigenvalue weighted by molar-refractivity contribution is 6.30. The van der Waals surface area contributed by atoms with Crippen molar-refractivity contribution in [3.63, 3.8) is 0 Å². The maximum atomic E-state index is 14.2. The molecule has 1 unspecified atom stereocenters. The SMILES string of the molecule is NC(=O)COC(=O)c1ccc(C2=NOC(c3cc(F)cc(Cl)c3)(C(F)(F)F)C2)c2ccccc12. The smallest absolute Gasteiger partial charge is 0.435 e. The zero-order valence-corrected chi connectivity index (χ0v) is 17.9. The lowest BCUT2D eigenvalue weighted by Crippen LogP contribution is -2.42. The molecule has 0 fully saturated rings. The van der Waals surface area contributed by atoms with E-state index in [0.717, 1.165) is 12.1 Å². The Balaban J connectivity index is 1.77. The molecule has 11 heteroatoms. The molecule has 1 aliphatic heterocycles. The van der Waals surface area contributed by atoms with Crippen molar-refractivity contribution in [2.45, 2.75) is 18.2 Å². The molecule has 0 aliphatic carbocycles. The van der Waals surface area contributed by atoms with Gasteiger partial charge in [-0.25, -0.2) is 9.18 Å². The van der Waals surface area contributed by atoms with Crippen LogP contribution < -0.4 is 5.73 Å². The van der Waals surface area contributed by atoms with Gasteiger partial charge in [-0.15, -0.1) is 0 Å². The van der Waals surface area contributed by atoms with Crippen LogP contribution in [0.5, 0.6) is 0 Å². The summed E-state index contributed by atoms with van der Waals surface area (Å²) in [6, 6.07) is 11.7. The third kappa shape index (κ3) is 4.16. The molecule has 1 heterocycles. The van der Waals surface area contributed by atoms with E-state index in [-0.39, 0.29) is 21.9 Å². The van der Waals surface area contributed by atoms with E-state index in [1.54, 1.807) is 24.3 Å². The standard InChI is InChI=1S/C23H15ClF4N2O4/c24-13-7-12(8-14(25)9-13)22(23(26,27)28)10-19(30-34-22)17-5-6-18(21(32)33-11-20(29)31)16-4-2-1-3-15(16)17/h1-9H,10-11H2,(H2,29,31). The molecule has 0 saturated carbocycles. The molecule has 3 aromatic rings. The van der Waals surface area contributed by atoms with E-state index < -0.39 is 48.1 Å². The summed E-state index contributed by atoms with van der Waals surface area (Å²) in [5.74, 6) is -2.62. The molecule has 176 valence electrons. The first-order valence-corrected chi connectivity index (χ1v) is 10.2. The summed E-state index contributed by atoms with van der Waals surface area (Å²) in [6.07, 6.45) is -5.71. The molecule has 34 heavy (non-hydrogen) atoms. The Morgan fingerprint density at radius 3 is 2.47 bits per heavy atom.